The standard InChI is InChI=1S/C31H62N2O6/c1-4-6-8-10-12-14-16-18-20-27(35)24-33(29(31(38)39)22-30(37)32-23-26(3)34)25-28(36)21-19-17-15-13-11-9-7-5-2/h26-29,34-36H,4-25H2,1-3H3,(H,32,37)(H,38,39). The van der Waals surface area contributed by atoms with E-state index in [1.807, 2.05) is 0 Å². The van der Waals surface area contributed by atoms with Crippen molar-refractivity contribution in [1.29, 1.82) is 0 Å². The van der Waals surface area contributed by atoms with Gasteiger partial charge in [-0.15, -0.1) is 0 Å². The minimum Gasteiger partial charge on any atom is -0.480 e. The zero-order chi connectivity index (χ0) is 29.3. The molecule has 8 nitrogen and oxygen atoms in total. The predicted octanol–water partition coefficient (Wildman–Crippen LogP) is 5.41. The predicted molar refractivity (Wildman–Crippen MR) is 159 cm³/mol. The van der Waals surface area contributed by atoms with Gasteiger partial charge in [-0.1, -0.05) is 117 Å². The molecule has 0 radical (unpaired) electrons. The van der Waals surface area contributed by atoms with E-state index in [1.54, 1.807) is 11.8 Å². The molecule has 5 N–H and O–H groups in total. The third-order valence-electron chi connectivity index (χ3n) is 7.37. The number of hydrogen-bond donors (Lipinski definition) is 5. The van der Waals surface area contributed by atoms with E-state index < -0.39 is 36.2 Å². The van der Waals surface area contributed by atoms with Crippen molar-refractivity contribution in [2.45, 2.75) is 167 Å². The topological polar surface area (TPSA) is 130 Å². The quantitative estimate of drug-likeness (QED) is 0.0812. The van der Waals surface area contributed by atoms with E-state index in [2.05, 4.69) is 19.2 Å². The number of aliphatic hydroxyl groups excluding tert-OH is 3. The van der Waals surface area contributed by atoms with Crippen LogP contribution in [0, 0.1) is 0 Å². The second-order valence-corrected chi connectivity index (χ2v) is 11.5. The fraction of sp³-hybridized carbons (Fsp3) is 0.935. The molecule has 0 saturated heterocycles. The van der Waals surface area contributed by atoms with Crippen LogP contribution in [0.3, 0.4) is 0 Å². The molecular weight excluding hydrogens is 496 g/mol. The number of amides is 1. The van der Waals surface area contributed by atoms with Crippen LogP contribution in [0.5, 0.6) is 0 Å². The van der Waals surface area contributed by atoms with Gasteiger partial charge in [-0.05, 0) is 19.8 Å². The molecule has 0 aliphatic rings. The molecular formula is C31H62N2O6. The summed E-state index contributed by atoms with van der Waals surface area (Å²) < 4.78 is 0. The molecule has 0 aliphatic heterocycles. The molecule has 0 bridgehead atoms. The van der Waals surface area contributed by atoms with Crippen molar-refractivity contribution in [3.8, 4) is 0 Å². The number of nitrogens with one attached hydrogen (secondary N) is 1. The summed E-state index contributed by atoms with van der Waals surface area (Å²) in [6.45, 7) is 6.21. The highest BCUT2D eigenvalue weighted by Gasteiger charge is 2.31. The van der Waals surface area contributed by atoms with Crippen molar-refractivity contribution >= 4 is 11.9 Å². The Labute approximate surface area is 238 Å². The fourth-order valence-corrected chi connectivity index (χ4v) is 4.96. The van der Waals surface area contributed by atoms with E-state index in [-0.39, 0.29) is 26.1 Å². The van der Waals surface area contributed by atoms with Crippen LogP contribution in [0.15, 0.2) is 0 Å². The first-order chi connectivity index (χ1) is 18.7. The Morgan fingerprint density at radius 1 is 0.667 bits per heavy atom. The Bertz CT molecular complexity index is 561. The van der Waals surface area contributed by atoms with Gasteiger partial charge in [0.25, 0.3) is 0 Å². The largest absolute Gasteiger partial charge is 0.480 e. The summed E-state index contributed by atoms with van der Waals surface area (Å²) in [6, 6.07) is -1.15. The highest BCUT2D eigenvalue weighted by Crippen LogP contribution is 2.16. The molecule has 0 spiro atoms. The Morgan fingerprint density at radius 3 is 1.41 bits per heavy atom. The highest BCUT2D eigenvalue weighted by atomic mass is 16.4. The van der Waals surface area contributed by atoms with Crippen LogP contribution in [-0.2, 0) is 9.59 Å². The molecule has 0 fully saturated rings. The van der Waals surface area contributed by atoms with Gasteiger partial charge in [0.05, 0.1) is 24.7 Å². The Kier molecular flexibility index (Phi) is 24.9. The molecule has 0 saturated carbocycles. The number of nitrogens with zero attached hydrogens (tertiary/aromatic N) is 1. The van der Waals surface area contributed by atoms with Crippen molar-refractivity contribution < 1.29 is 30.0 Å². The zero-order valence-electron chi connectivity index (χ0n) is 25.4. The summed E-state index contributed by atoms with van der Waals surface area (Å²) in [5.41, 5.74) is 0. The van der Waals surface area contributed by atoms with Gasteiger partial charge in [-0.2, -0.15) is 0 Å². The molecule has 1 amide bonds. The van der Waals surface area contributed by atoms with Crippen LogP contribution in [0.25, 0.3) is 0 Å². The highest BCUT2D eigenvalue weighted by molar-refractivity contribution is 5.84. The van der Waals surface area contributed by atoms with E-state index in [0.717, 1.165) is 38.5 Å². The number of hydrogen-bond acceptors (Lipinski definition) is 6. The summed E-state index contributed by atoms with van der Waals surface area (Å²) in [4.78, 5) is 26.1. The van der Waals surface area contributed by atoms with E-state index in [4.69, 9.17) is 0 Å². The van der Waals surface area contributed by atoms with E-state index in [0.29, 0.717) is 12.8 Å². The SMILES string of the molecule is CCCCCCCCCCC(O)CN(CC(O)CCCCCCCCCC)C(CC(=O)NCC(C)O)C(=O)O. The number of aliphatic hydroxyl groups is 3. The summed E-state index contributed by atoms with van der Waals surface area (Å²) in [5, 5.41) is 43.4. The van der Waals surface area contributed by atoms with E-state index in [1.165, 1.54) is 64.2 Å². The Balaban J connectivity index is 4.84. The lowest BCUT2D eigenvalue weighted by atomic mass is 10.0. The fourth-order valence-electron chi connectivity index (χ4n) is 4.96. The number of aliphatic carboxylic acids is 1. The van der Waals surface area contributed by atoms with Gasteiger partial charge in [-0.25, -0.2) is 0 Å². The molecule has 0 aliphatic carbocycles. The molecule has 0 aromatic carbocycles. The number of carboxylic acids is 1. The number of rotatable bonds is 28. The van der Waals surface area contributed by atoms with Crippen molar-refractivity contribution in [1.82, 2.24) is 10.2 Å². The lowest BCUT2D eigenvalue weighted by molar-refractivity contribution is -0.147. The third-order valence-corrected chi connectivity index (χ3v) is 7.37. The van der Waals surface area contributed by atoms with Crippen molar-refractivity contribution in [2.75, 3.05) is 19.6 Å². The van der Waals surface area contributed by atoms with Gasteiger partial charge in [0.2, 0.25) is 5.91 Å². The van der Waals surface area contributed by atoms with Gasteiger partial charge in [0, 0.05) is 19.6 Å². The third kappa shape index (κ3) is 23.2. The lowest BCUT2D eigenvalue weighted by Gasteiger charge is -2.32. The maximum atomic E-state index is 12.4. The molecule has 4 atom stereocenters. The first-order valence-corrected chi connectivity index (χ1v) is 16.0. The van der Waals surface area contributed by atoms with Crippen molar-refractivity contribution in [3.63, 3.8) is 0 Å². The van der Waals surface area contributed by atoms with Crippen LogP contribution in [-0.4, -0.2) is 81.2 Å². The summed E-state index contributed by atoms with van der Waals surface area (Å²) in [5.74, 6) is -1.62. The van der Waals surface area contributed by atoms with Crippen LogP contribution >= 0.6 is 0 Å². The summed E-state index contributed by atoms with van der Waals surface area (Å²) in [6.07, 6.45) is 17.2. The lowest BCUT2D eigenvalue weighted by Crippen LogP contribution is -2.50. The average molecular weight is 559 g/mol. The Morgan fingerprint density at radius 2 is 1.05 bits per heavy atom. The normalized spacial score (nSPS) is 14.7. The maximum absolute atomic E-state index is 12.4. The van der Waals surface area contributed by atoms with Gasteiger partial charge < -0.3 is 25.7 Å². The molecule has 0 aromatic heterocycles. The minimum atomic E-state index is -1.15. The zero-order valence-corrected chi connectivity index (χ0v) is 25.4. The van der Waals surface area contributed by atoms with Gasteiger partial charge in [0.1, 0.15) is 6.04 Å². The molecule has 0 rings (SSSR count). The van der Waals surface area contributed by atoms with Gasteiger partial charge in [0.15, 0.2) is 0 Å². The molecule has 8 heteroatoms. The van der Waals surface area contributed by atoms with E-state index >= 15 is 0 Å². The Hall–Kier alpha value is -1.22. The van der Waals surface area contributed by atoms with Crippen LogP contribution in [0.1, 0.15) is 143 Å². The van der Waals surface area contributed by atoms with Crippen LogP contribution in [0.4, 0.5) is 0 Å². The van der Waals surface area contributed by atoms with Crippen molar-refractivity contribution in [3.05, 3.63) is 0 Å². The van der Waals surface area contributed by atoms with Gasteiger partial charge >= 0.3 is 5.97 Å². The number of carboxylic acid groups (broad SMARTS) is 1. The smallest absolute Gasteiger partial charge is 0.321 e. The first kappa shape index (κ1) is 37.8. The molecule has 4 unspecified atom stereocenters. The first-order valence-electron chi connectivity index (χ1n) is 16.0. The van der Waals surface area contributed by atoms with Crippen LogP contribution in [0.2, 0.25) is 0 Å². The molecule has 232 valence electrons. The van der Waals surface area contributed by atoms with Gasteiger partial charge in [-0.3, -0.25) is 14.5 Å². The molecule has 0 heterocycles. The summed E-state index contributed by atoms with van der Waals surface area (Å²) in [7, 11) is 0. The second kappa shape index (κ2) is 25.7. The summed E-state index contributed by atoms with van der Waals surface area (Å²) >= 11 is 0. The monoisotopic (exact) mass is 558 g/mol. The number of carbonyl (C=O) groups is 2. The minimum absolute atomic E-state index is 0.0489. The molecule has 39 heavy (non-hydrogen) atoms. The van der Waals surface area contributed by atoms with Crippen molar-refractivity contribution in [2.24, 2.45) is 0 Å². The maximum Gasteiger partial charge on any atom is 0.321 e. The number of unbranched alkanes of at least 4 members (excludes halogenated alkanes) is 14. The molecule has 0 aromatic rings. The van der Waals surface area contributed by atoms with E-state index in [9.17, 15) is 30.0 Å². The average Bonchev–Trinajstić information content (AvgIpc) is 2.88. The van der Waals surface area contributed by atoms with Crippen LogP contribution < -0.4 is 5.32 Å². The number of carbonyl (C=O) groups excluding carboxylic acids is 1. The second-order valence-electron chi connectivity index (χ2n) is 11.5.